The van der Waals surface area contributed by atoms with Crippen molar-refractivity contribution in [3.8, 4) is 0 Å². The third kappa shape index (κ3) is 3.54. The molecular weight excluding hydrogens is 234 g/mol. The molecule has 0 bridgehead atoms. The Morgan fingerprint density at radius 1 is 1.41 bits per heavy atom. The number of carbonyl (C=O) groups is 1. The quantitative estimate of drug-likeness (QED) is 0.783. The number of carbonyl (C=O) groups excluding carboxylic acids is 1. The second-order valence-corrected chi connectivity index (χ2v) is 7.78. The zero-order valence-electron chi connectivity index (χ0n) is 11.0. The molecule has 98 valence electrons. The van der Waals surface area contributed by atoms with Crippen molar-refractivity contribution in [2.45, 2.75) is 69.3 Å². The van der Waals surface area contributed by atoms with Crippen LogP contribution >= 0.6 is 11.8 Å². The highest BCUT2D eigenvalue weighted by Crippen LogP contribution is 2.50. The van der Waals surface area contributed by atoms with Crippen LogP contribution in [0, 0.1) is 0 Å². The molecule has 2 rings (SSSR count). The van der Waals surface area contributed by atoms with E-state index in [2.05, 4.69) is 17.1 Å². The van der Waals surface area contributed by atoms with E-state index in [1.54, 1.807) is 0 Å². The lowest BCUT2D eigenvalue weighted by atomic mass is 9.79. The molecule has 1 spiro atoms. The molecule has 3 nitrogen and oxygen atoms in total. The van der Waals surface area contributed by atoms with E-state index in [4.69, 9.17) is 4.74 Å². The highest BCUT2D eigenvalue weighted by Gasteiger charge is 2.42. The first-order valence-corrected chi connectivity index (χ1v) is 7.51. The van der Waals surface area contributed by atoms with Crippen molar-refractivity contribution in [3.63, 3.8) is 0 Å². The number of amides is 1. The SMILES string of the molecule is CC(C)(C)OC(=O)NC1CCSC2(CCC2)C1. The summed E-state index contributed by atoms with van der Waals surface area (Å²) in [5.74, 6) is 1.17. The van der Waals surface area contributed by atoms with Crippen LogP contribution < -0.4 is 5.32 Å². The summed E-state index contributed by atoms with van der Waals surface area (Å²) in [4.78, 5) is 11.7. The molecule has 1 heterocycles. The minimum atomic E-state index is -0.401. The van der Waals surface area contributed by atoms with Gasteiger partial charge in [0, 0.05) is 10.8 Å². The molecule has 0 aromatic rings. The third-order valence-electron chi connectivity index (χ3n) is 3.48. The van der Waals surface area contributed by atoms with Crippen LogP contribution in [0.2, 0.25) is 0 Å². The summed E-state index contributed by atoms with van der Waals surface area (Å²) in [5.41, 5.74) is -0.401. The minimum absolute atomic E-state index is 0.260. The van der Waals surface area contributed by atoms with Gasteiger partial charge in [-0.2, -0.15) is 11.8 Å². The number of hydrogen-bond acceptors (Lipinski definition) is 3. The van der Waals surface area contributed by atoms with Crippen molar-refractivity contribution < 1.29 is 9.53 Å². The summed E-state index contributed by atoms with van der Waals surface area (Å²) in [6, 6.07) is 0.311. The summed E-state index contributed by atoms with van der Waals surface area (Å²) in [6.45, 7) is 5.70. The van der Waals surface area contributed by atoms with E-state index >= 15 is 0 Å². The van der Waals surface area contributed by atoms with Gasteiger partial charge in [0.25, 0.3) is 0 Å². The van der Waals surface area contributed by atoms with Crippen molar-refractivity contribution in [3.05, 3.63) is 0 Å². The molecule has 1 N–H and O–H groups in total. The first-order valence-electron chi connectivity index (χ1n) is 6.52. The van der Waals surface area contributed by atoms with E-state index in [9.17, 15) is 4.79 Å². The molecule has 1 saturated heterocycles. The smallest absolute Gasteiger partial charge is 0.407 e. The van der Waals surface area contributed by atoms with Gasteiger partial charge in [0.15, 0.2) is 0 Å². The lowest BCUT2D eigenvalue weighted by Gasteiger charge is -2.47. The molecule has 0 aromatic heterocycles. The molecule has 2 aliphatic rings. The number of rotatable bonds is 1. The van der Waals surface area contributed by atoms with Gasteiger partial charge in [0.1, 0.15) is 5.60 Å². The van der Waals surface area contributed by atoms with Gasteiger partial charge in [-0.05, 0) is 52.2 Å². The van der Waals surface area contributed by atoms with Crippen molar-refractivity contribution >= 4 is 17.9 Å². The predicted molar refractivity (Wildman–Crippen MR) is 71.4 cm³/mol. The van der Waals surface area contributed by atoms with E-state index in [0.29, 0.717) is 10.8 Å². The minimum Gasteiger partial charge on any atom is -0.444 e. The third-order valence-corrected chi connectivity index (χ3v) is 5.11. The van der Waals surface area contributed by atoms with Crippen molar-refractivity contribution in [2.75, 3.05) is 5.75 Å². The van der Waals surface area contributed by atoms with Crippen LogP contribution in [0.5, 0.6) is 0 Å². The average molecular weight is 257 g/mol. The summed E-state index contributed by atoms with van der Waals surface area (Å²) in [5, 5.41) is 3.02. The topological polar surface area (TPSA) is 38.3 Å². The Bertz CT molecular complexity index is 294. The number of ether oxygens (including phenoxy) is 1. The summed E-state index contributed by atoms with van der Waals surface area (Å²) < 4.78 is 5.79. The average Bonchev–Trinajstić information content (AvgIpc) is 2.12. The van der Waals surface area contributed by atoms with Gasteiger partial charge >= 0.3 is 6.09 Å². The van der Waals surface area contributed by atoms with Crippen molar-refractivity contribution in [2.24, 2.45) is 0 Å². The van der Waals surface area contributed by atoms with Crippen LogP contribution in [0.1, 0.15) is 52.9 Å². The van der Waals surface area contributed by atoms with Crippen LogP contribution in [-0.4, -0.2) is 28.2 Å². The maximum atomic E-state index is 11.7. The van der Waals surface area contributed by atoms with Gasteiger partial charge in [-0.15, -0.1) is 0 Å². The molecule has 2 fully saturated rings. The van der Waals surface area contributed by atoms with Crippen LogP contribution in [0.3, 0.4) is 0 Å². The Balaban J connectivity index is 1.80. The highest BCUT2D eigenvalue weighted by molar-refractivity contribution is 8.00. The van der Waals surface area contributed by atoms with Gasteiger partial charge in [-0.3, -0.25) is 0 Å². The van der Waals surface area contributed by atoms with Crippen LogP contribution in [0.25, 0.3) is 0 Å². The Labute approximate surface area is 108 Å². The molecule has 1 atom stereocenters. The molecule has 0 aromatic carbocycles. The number of thioether (sulfide) groups is 1. The van der Waals surface area contributed by atoms with E-state index in [0.717, 1.165) is 12.8 Å². The van der Waals surface area contributed by atoms with Crippen molar-refractivity contribution in [1.82, 2.24) is 5.32 Å². The zero-order valence-corrected chi connectivity index (χ0v) is 11.9. The van der Waals surface area contributed by atoms with E-state index < -0.39 is 5.60 Å². The number of hydrogen-bond donors (Lipinski definition) is 1. The fraction of sp³-hybridized carbons (Fsp3) is 0.923. The molecule has 0 radical (unpaired) electrons. The first-order chi connectivity index (χ1) is 7.89. The Morgan fingerprint density at radius 3 is 2.65 bits per heavy atom. The Morgan fingerprint density at radius 2 is 2.12 bits per heavy atom. The zero-order chi connectivity index (χ0) is 12.5. The molecule has 1 amide bonds. The number of alkyl carbamates (subject to hydrolysis) is 1. The molecular formula is C13H23NO2S. The van der Waals surface area contributed by atoms with Gasteiger partial charge in [-0.25, -0.2) is 4.79 Å². The molecule has 1 unspecified atom stereocenters. The van der Waals surface area contributed by atoms with Gasteiger partial charge < -0.3 is 10.1 Å². The normalized spacial score (nSPS) is 27.4. The van der Waals surface area contributed by atoms with Crippen molar-refractivity contribution in [1.29, 1.82) is 0 Å². The standard InChI is InChI=1S/C13H23NO2S/c1-12(2,3)16-11(15)14-10-5-8-17-13(9-10)6-4-7-13/h10H,4-9H2,1-3H3,(H,14,15). The summed E-state index contributed by atoms with van der Waals surface area (Å²) in [6.07, 6.45) is 5.94. The van der Waals surface area contributed by atoms with Crippen LogP contribution in [-0.2, 0) is 4.74 Å². The monoisotopic (exact) mass is 257 g/mol. The molecule has 1 aliphatic carbocycles. The Hall–Kier alpha value is -0.380. The highest BCUT2D eigenvalue weighted by atomic mass is 32.2. The second-order valence-electron chi connectivity index (χ2n) is 6.22. The molecule has 1 saturated carbocycles. The first kappa shape index (κ1) is 13.1. The lowest BCUT2D eigenvalue weighted by Crippen LogP contribution is -2.48. The van der Waals surface area contributed by atoms with Gasteiger partial charge in [0.2, 0.25) is 0 Å². The molecule has 1 aliphatic heterocycles. The van der Waals surface area contributed by atoms with E-state index in [1.807, 2.05) is 20.8 Å². The predicted octanol–water partition coefficient (Wildman–Crippen LogP) is 3.33. The number of nitrogens with one attached hydrogen (secondary N) is 1. The fourth-order valence-corrected chi connectivity index (χ4v) is 4.28. The fourth-order valence-electron chi connectivity index (χ4n) is 2.54. The summed E-state index contributed by atoms with van der Waals surface area (Å²) in [7, 11) is 0. The second kappa shape index (κ2) is 4.71. The largest absolute Gasteiger partial charge is 0.444 e. The molecule has 4 heteroatoms. The van der Waals surface area contributed by atoms with Gasteiger partial charge in [-0.1, -0.05) is 6.42 Å². The van der Waals surface area contributed by atoms with E-state index in [-0.39, 0.29) is 6.09 Å². The lowest BCUT2D eigenvalue weighted by molar-refractivity contribution is 0.0492. The van der Waals surface area contributed by atoms with Crippen LogP contribution in [0.15, 0.2) is 0 Å². The maximum absolute atomic E-state index is 11.7. The van der Waals surface area contributed by atoms with Crippen LogP contribution in [0.4, 0.5) is 4.79 Å². The molecule has 17 heavy (non-hydrogen) atoms. The Kier molecular flexibility index (Phi) is 3.62. The summed E-state index contributed by atoms with van der Waals surface area (Å²) >= 11 is 2.10. The van der Waals surface area contributed by atoms with E-state index in [1.165, 1.54) is 25.0 Å². The maximum Gasteiger partial charge on any atom is 0.407 e. The van der Waals surface area contributed by atoms with Gasteiger partial charge in [0.05, 0.1) is 0 Å².